The summed E-state index contributed by atoms with van der Waals surface area (Å²) < 4.78 is 65.6. The Morgan fingerprint density at radius 3 is 2.36 bits per heavy atom. The predicted octanol–water partition coefficient (Wildman–Crippen LogP) is 2.15. The average molecular weight is 488 g/mol. The minimum atomic E-state index is -4.91. The van der Waals surface area contributed by atoms with Crippen molar-refractivity contribution in [2.24, 2.45) is 11.1 Å². The van der Waals surface area contributed by atoms with Gasteiger partial charge in [0.15, 0.2) is 0 Å². The Labute approximate surface area is 190 Å². The molecule has 0 bridgehead atoms. The SMILES string of the molecule is NS(=O)(=O)c1c(C(F)(F)F)ccc(C2CCC(NCC3CCNCC3)CC2)c1-c1nn[nH]n1. The number of tetrazole rings is 1. The molecule has 2 heterocycles. The average Bonchev–Trinajstić information content (AvgIpc) is 3.31. The highest BCUT2D eigenvalue weighted by atomic mass is 32.2. The van der Waals surface area contributed by atoms with E-state index >= 15 is 0 Å². The van der Waals surface area contributed by atoms with Crippen molar-refractivity contribution in [3.63, 3.8) is 0 Å². The summed E-state index contributed by atoms with van der Waals surface area (Å²) in [5.41, 5.74) is -1.09. The number of halogens is 3. The maximum absolute atomic E-state index is 13.7. The van der Waals surface area contributed by atoms with Crippen LogP contribution in [-0.2, 0) is 16.2 Å². The smallest absolute Gasteiger partial charge is 0.317 e. The van der Waals surface area contributed by atoms with E-state index in [1.54, 1.807) is 0 Å². The molecular formula is C20H28F3N7O2S. The molecule has 0 atom stereocenters. The second-order valence-electron chi connectivity index (χ2n) is 8.83. The number of piperidine rings is 1. The van der Waals surface area contributed by atoms with Crippen molar-refractivity contribution in [2.45, 2.75) is 61.6 Å². The number of hydrogen-bond acceptors (Lipinski definition) is 7. The van der Waals surface area contributed by atoms with Crippen molar-refractivity contribution in [1.29, 1.82) is 0 Å². The van der Waals surface area contributed by atoms with Gasteiger partial charge >= 0.3 is 6.18 Å². The number of H-pyrrole nitrogens is 1. The van der Waals surface area contributed by atoms with Gasteiger partial charge in [0.05, 0.1) is 5.56 Å². The fourth-order valence-corrected chi connectivity index (χ4v) is 5.97. The molecule has 4 rings (SSSR count). The normalized spacial score (nSPS) is 23.0. The van der Waals surface area contributed by atoms with E-state index in [9.17, 15) is 21.6 Å². The zero-order valence-electron chi connectivity index (χ0n) is 18.0. The molecule has 0 spiro atoms. The maximum atomic E-state index is 13.7. The number of alkyl halides is 3. The first-order valence-electron chi connectivity index (χ1n) is 11.1. The lowest BCUT2D eigenvalue weighted by atomic mass is 9.79. The van der Waals surface area contributed by atoms with Crippen LogP contribution in [-0.4, -0.2) is 54.7 Å². The van der Waals surface area contributed by atoms with Crippen LogP contribution in [0.1, 0.15) is 55.6 Å². The molecule has 0 amide bonds. The number of nitrogens with two attached hydrogens (primary N) is 1. The van der Waals surface area contributed by atoms with Gasteiger partial charge in [0, 0.05) is 11.6 Å². The third kappa shape index (κ3) is 5.53. The lowest BCUT2D eigenvalue weighted by molar-refractivity contribution is -0.139. The Morgan fingerprint density at radius 2 is 1.79 bits per heavy atom. The van der Waals surface area contributed by atoms with E-state index in [2.05, 4.69) is 31.3 Å². The number of sulfonamides is 1. The van der Waals surface area contributed by atoms with Gasteiger partial charge in [-0.25, -0.2) is 13.6 Å². The van der Waals surface area contributed by atoms with Gasteiger partial charge in [0.2, 0.25) is 15.8 Å². The molecule has 1 aliphatic heterocycles. The maximum Gasteiger partial charge on any atom is 0.417 e. The molecule has 1 saturated heterocycles. The van der Waals surface area contributed by atoms with Crippen LogP contribution < -0.4 is 15.8 Å². The monoisotopic (exact) mass is 487 g/mol. The molecule has 1 saturated carbocycles. The number of primary sulfonamides is 1. The summed E-state index contributed by atoms with van der Waals surface area (Å²) in [6.45, 7) is 3.04. The van der Waals surface area contributed by atoms with Crippen molar-refractivity contribution < 1.29 is 21.6 Å². The Bertz CT molecular complexity index is 1050. The molecule has 2 aromatic rings. The number of benzene rings is 1. The molecule has 0 unspecified atom stereocenters. The quantitative estimate of drug-likeness (QED) is 0.490. The van der Waals surface area contributed by atoms with E-state index in [0.29, 0.717) is 30.4 Å². The third-order valence-corrected chi connectivity index (χ3v) is 7.66. The third-order valence-electron chi connectivity index (χ3n) is 6.67. The summed E-state index contributed by atoms with van der Waals surface area (Å²) in [5.74, 6) is 0.297. The lowest BCUT2D eigenvalue weighted by Crippen LogP contribution is -2.39. The second-order valence-corrected chi connectivity index (χ2v) is 10.3. The van der Waals surface area contributed by atoms with Crippen LogP contribution in [0.15, 0.2) is 17.0 Å². The summed E-state index contributed by atoms with van der Waals surface area (Å²) in [6.07, 6.45) is 0.472. The van der Waals surface area contributed by atoms with Crippen LogP contribution in [0.25, 0.3) is 11.4 Å². The first-order chi connectivity index (χ1) is 15.6. The van der Waals surface area contributed by atoms with E-state index < -0.39 is 26.7 Å². The number of hydrogen-bond donors (Lipinski definition) is 4. The van der Waals surface area contributed by atoms with Gasteiger partial charge in [0.25, 0.3) is 0 Å². The zero-order chi connectivity index (χ0) is 23.6. The number of nitrogens with one attached hydrogen (secondary N) is 3. The van der Waals surface area contributed by atoms with E-state index in [1.807, 2.05) is 0 Å². The number of aromatic amines is 1. The van der Waals surface area contributed by atoms with Gasteiger partial charge in [-0.05, 0) is 86.8 Å². The molecule has 5 N–H and O–H groups in total. The van der Waals surface area contributed by atoms with Crippen LogP contribution >= 0.6 is 0 Å². The highest BCUT2D eigenvalue weighted by molar-refractivity contribution is 7.89. The summed E-state index contributed by atoms with van der Waals surface area (Å²) in [6, 6.07) is 2.45. The van der Waals surface area contributed by atoms with E-state index in [1.165, 1.54) is 6.07 Å². The largest absolute Gasteiger partial charge is 0.417 e. The van der Waals surface area contributed by atoms with Crippen molar-refractivity contribution in [3.05, 3.63) is 23.3 Å². The molecule has 9 nitrogen and oxygen atoms in total. The molecule has 2 fully saturated rings. The van der Waals surface area contributed by atoms with Crippen LogP contribution in [0, 0.1) is 5.92 Å². The molecule has 33 heavy (non-hydrogen) atoms. The Hall–Kier alpha value is -2.09. The fraction of sp³-hybridized carbons (Fsp3) is 0.650. The fourth-order valence-electron chi connectivity index (χ4n) is 4.98. The summed E-state index contributed by atoms with van der Waals surface area (Å²) >= 11 is 0. The van der Waals surface area contributed by atoms with Crippen molar-refractivity contribution >= 4 is 10.0 Å². The summed E-state index contributed by atoms with van der Waals surface area (Å²) in [5, 5.41) is 25.4. The minimum Gasteiger partial charge on any atom is -0.317 e. The number of aromatic nitrogens is 4. The molecule has 1 aromatic carbocycles. The number of nitrogens with zero attached hydrogens (tertiary/aromatic N) is 3. The lowest BCUT2D eigenvalue weighted by Gasteiger charge is -2.32. The first-order valence-corrected chi connectivity index (χ1v) is 12.6. The molecular weight excluding hydrogens is 459 g/mol. The number of rotatable bonds is 6. The van der Waals surface area contributed by atoms with E-state index in [-0.39, 0.29) is 17.3 Å². The van der Waals surface area contributed by atoms with Crippen LogP contribution in [0.4, 0.5) is 13.2 Å². The van der Waals surface area contributed by atoms with Gasteiger partial charge in [-0.2, -0.15) is 18.4 Å². The topological polar surface area (TPSA) is 139 Å². The van der Waals surface area contributed by atoms with Crippen molar-refractivity contribution in [2.75, 3.05) is 19.6 Å². The molecule has 2 aliphatic rings. The Morgan fingerprint density at radius 1 is 1.09 bits per heavy atom. The van der Waals surface area contributed by atoms with Crippen molar-refractivity contribution in [3.8, 4) is 11.4 Å². The minimum absolute atomic E-state index is 0.141. The predicted molar refractivity (Wildman–Crippen MR) is 115 cm³/mol. The Balaban J connectivity index is 1.59. The van der Waals surface area contributed by atoms with Crippen LogP contribution in [0.3, 0.4) is 0 Å². The van der Waals surface area contributed by atoms with Gasteiger partial charge < -0.3 is 10.6 Å². The Kier molecular flexibility index (Phi) is 7.03. The van der Waals surface area contributed by atoms with E-state index in [4.69, 9.17) is 5.14 Å². The van der Waals surface area contributed by atoms with Crippen molar-refractivity contribution in [1.82, 2.24) is 31.3 Å². The van der Waals surface area contributed by atoms with E-state index in [0.717, 1.165) is 51.4 Å². The first kappa shape index (κ1) is 24.0. The summed E-state index contributed by atoms with van der Waals surface area (Å²) in [7, 11) is -4.73. The molecule has 0 radical (unpaired) electrons. The van der Waals surface area contributed by atoms with Gasteiger partial charge in [0.1, 0.15) is 4.90 Å². The highest BCUT2D eigenvalue weighted by Crippen LogP contribution is 2.44. The second kappa shape index (κ2) is 9.65. The van der Waals surface area contributed by atoms with Gasteiger partial charge in [-0.1, -0.05) is 6.07 Å². The van der Waals surface area contributed by atoms with Gasteiger partial charge in [-0.3, -0.25) is 0 Å². The standard InChI is InChI=1S/C20H28F3N7O2S/c21-20(22,23)16-6-5-15(17(18(16)33(24,31)32)19-27-29-30-28-19)13-1-3-14(4-2-13)26-11-12-7-9-25-10-8-12/h5-6,12-14,25-26H,1-4,7-11H2,(H2,24,31,32)(H,27,28,29,30). The van der Waals surface area contributed by atoms with Crippen LogP contribution in [0.5, 0.6) is 0 Å². The zero-order valence-corrected chi connectivity index (χ0v) is 18.8. The molecule has 13 heteroatoms. The van der Waals surface area contributed by atoms with Gasteiger partial charge in [-0.15, -0.1) is 10.2 Å². The highest BCUT2D eigenvalue weighted by Gasteiger charge is 2.40. The van der Waals surface area contributed by atoms with Crippen LogP contribution in [0.2, 0.25) is 0 Å². The molecule has 1 aromatic heterocycles. The molecule has 182 valence electrons. The summed E-state index contributed by atoms with van der Waals surface area (Å²) in [4.78, 5) is -1.000. The molecule has 1 aliphatic carbocycles.